The molecule has 1 rings (SSSR count). The van der Waals surface area contributed by atoms with E-state index in [-0.39, 0.29) is 18.4 Å². The summed E-state index contributed by atoms with van der Waals surface area (Å²) in [6, 6.07) is 6.02. The van der Waals surface area contributed by atoms with Crippen LogP contribution in [0.5, 0.6) is 0 Å². The molecule has 27 heavy (non-hydrogen) atoms. The number of ether oxygens (including phenoxy) is 1. The van der Waals surface area contributed by atoms with E-state index in [1.54, 1.807) is 11.8 Å². The average molecular weight is 377 g/mol. The van der Waals surface area contributed by atoms with Crippen molar-refractivity contribution in [3.05, 3.63) is 29.3 Å². The minimum Gasteiger partial charge on any atom is -0.466 e. The van der Waals surface area contributed by atoms with Gasteiger partial charge in [0.2, 0.25) is 0 Å². The first-order valence-electron chi connectivity index (χ1n) is 10.0. The lowest BCUT2D eigenvalue weighted by Crippen LogP contribution is -2.39. The van der Waals surface area contributed by atoms with Gasteiger partial charge in [0.15, 0.2) is 0 Å². The Morgan fingerprint density at radius 2 is 1.59 bits per heavy atom. The topological polar surface area (TPSA) is 58.6 Å². The summed E-state index contributed by atoms with van der Waals surface area (Å²) >= 11 is 0. The number of carbonyl (C=O) groups excluding carboxylic acids is 2. The van der Waals surface area contributed by atoms with Crippen molar-refractivity contribution >= 4 is 17.7 Å². The Hall–Kier alpha value is -2.04. The first kappa shape index (κ1) is 23.0. The van der Waals surface area contributed by atoms with Crippen LogP contribution < -0.4 is 5.32 Å². The Labute approximate surface area is 164 Å². The molecule has 2 amide bonds. The number of nitrogens with zero attached hydrogens (tertiary/aromatic N) is 1. The molecule has 1 aromatic carbocycles. The third-order valence-corrected chi connectivity index (χ3v) is 4.37. The number of esters is 1. The van der Waals surface area contributed by atoms with Gasteiger partial charge in [0.25, 0.3) is 0 Å². The van der Waals surface area contributed by atoms with Gasteiger partial charge in [0.1, 0.15) is 0 Å². The van der Waals surface area contributed by atoms with Gasteiger partial charge in [-0.25, -0.2) is 4.79 Å². The predicted octanol–water partition coefficient (Wildman–Crippen LogP) is 5.38. The smallest absolute Gasteiger partial charge is 0.321 e. The van der Waals surface area contributed by atoms with Gasteiger partial charge in [-0.2, -0.15) is 0 Å². The van der Waals surface area contributed by atoms with Gasteiger partial charge in [-0.3, -0.25) is 4.79 Å². The Kier molecular flexibility index (Phi) is 9.33. The van der Waals surface area contributed by atoms with Gasteiger partial charge in [-0.05, 0) is 35.8 Å². The quantitative estimate of drug-likeness (QED) is 0.589. The van der Waals surface area contributed by atoms with E-state index < -0.39 is 0 Å². The zero-order chi connectivity index (χ0) is 20.6. The summed E-state index contributed by atoms with van der Waals surface area (Å²) in [5, 5.41) is 3.14. The van der Waals surface area contributed by atoms with Crippen LogP contribution in [0.4, 0.5) is 10.5 Å². The van der Waals surface area contributed by atoms with Crippen LogP contribution in [-0.4, -0.2) is 36.6 Å². The van der Waals surface area contributed by atoms with Crippen LogP contribution in [0.15, 0.2) is 18.2 Å². The maximum Gasteiger partial charge on any atom is 0.321 e. The Balaban J connectivity index is 3.05. The molecular formula is C22H36N2O3. The minimum absolute atomic E-state index is 0.164. The number of benzene rings is 1. The van der Waals surface area contributed by atoms with Crippen LogP contribution in [0.25, 0.3) is 0 Å². The molecule has 1 aromatic rings. The molecule has 0 spiro atoms. The zero-order valence-corrected chi connectivity index (χ0v) is 18.0. The third-order valence-electron chi connectivity index (χ3n) is 4.37. The summed E-state index contributed by atoms with van der Waals surface area (Å²) in [6.45, 7) is 15.7. The van der Waals surface area contributed by atoms with E-state index in [4.69, 9.17) is 4.74 Å². The minimum atomic E-state index is -0.274. The monoisotopic (exact) mass is 376 g/mol. The molecule has 0 saturated heterocycles. The number of hydrogen-bond donors (Lipinski definition) is 1. The van der Waals surface area contributed by atoms with E-state index in [2.05, 4.69) is 59.0 Å². The van der Waals surface area contributed by atoms with E-state index in [0.717, 1.165) is 16.8 Å². The summed E-state index contributed by atoms with van der Waals surface area (Å²) in [7, 11) is 0. The summed E-state index contributed by atoms with van der Waals surface area (Å²) in [5.74, 6) is 0.640. The Morgan fingerprint density at radius 3 is 2.04 bits per heavy atom. The maximum absolute atomic E-state index is 13.0. The van der Waals surface area contributed by atoms with E-state index in [9.17, 15) is 9.59 Å². The highest BCUT2D eigenvalue weighted by Crippen LogP contribution is 2.32. The molecule has 1 N–H and O–H groups in total. The summed E-state index contributed by atoms with van der Waals surface area (Å²) in [4.78, 5) is 26.5. The van der Waals surface area contributed by atoms with E-state index >= 15 is 0 Å². The molecule has 0 unspecified atom stereocenters. The van der Waals surface area contributed by atoms with Gasteiger partial charge in [0, 0.05) is 18.8 Å². The number of amides is 2. The first-order valence-corrected chi connectivity index (χ1v) is 10.0. The number of urea groups is 1. The molecule has 0 heterocycles. The molecule has 152 valence electrons. The lowest BCUT2D eigenvalue weighted by atomic mass is 9.93. The molecule has 0 aliphatic heterocycles. The van der Waals surface area contributed by atoms with Gasteiger partial charge < -0.3 is 15.0 Å². The van der Waals surface area contributed by atoms with Crippen LogP contribution >= 0.6 is 0 Å². The summed E-state index contributed by atoms with van der Waals surface area (Å²) in [6.07, 6.45) is 0.205. The second-order valence-corrected chi connectivity index (χ2v) is 7.95. The lowest BCUT2D eigenvalue weighted by Gasteiger charge is -2.27. The molecule has 0 atom stereocenters. The van der Waals surface area contributed by atoms with Crippen LogP contribution in [0.1, 0.15) is 77.8 Å². The van der Waals surface area contributed by atoms with Crippen LogP contribution in [0.3, 0.4) is 0 Å². The first-order chi connectivity index (χ1) is 12.7. The second-order valence-electron chi connectivity index (χ2n) is 7.95. The number of nitrogens with one attached hydrogen (secondary N) is 1. The highest BCUT2D eigenvalue weighted by atomic mass is 16.5. The number of hydrogen-bond acceptors (Lipinski definition) is 3. The van der Waals surface area contributed by atoms with Crippen molar-refractivity contribution in [1.29, 1.82) is 0 Å². The fourth-order valence-electron chi connectivity index (χ4n) is 3.06. The van der Waals surface area contributed by atoms with E-state index in [1.165, 1.54) is 0 Å². The van der Waals surface area contributed by atoms with Crippen molar-refractivity contribution in [2.75, 3.05) is 25.0 Å². The van der Waals surface area contributed by atoms with Crippen molar-refractivity contribution in [2.24, 2.45) is 5.92 Å². The number of carbonyl (C=O) groups is 2. The van der Waals surface area contributed by atoms with E-state index in [0.29, 0.717) is 37.5 Å². The molecule has 0 aliphatic rings. The fourth-order valence-corrected chi connectivity index (χ4v) is 3.06. The van der Waals surface area contributed by atoms with Crippen LogP contribution in [0.2, 0.25) is 0 Å². The molecule has 5 nitrogen and oxygen atoms in total. The summed E-state index contributed by atoms with van der Waals surface area (Å²) in [5.41, 5.74) is 3.16. The van der Waals surface area contributed by atoms with Gasteiger partial charge in [-0.15, -0.1) is 0 Å². The van der Waals surface area contributed by atoms with Crippen molar-refractivity contribution in [3.8, 4) is 0 Å². The largest absolute Gasteiger partial charge is 0.466 e. The standard InChI is InChI=1S/C22H36N2O3/c1-8-27-20(25)12-13-24(14-15(2)3)22(26)23-21-18(16(4)5)10-9-11-19(21)17(6)7/h9-11,15-17H,8,12-14H2,1-7H3,(H,23,26). The van der Waals surface area contributed by atoms with Gasteiger partial charge >= 0.3 is 12.0 Å². The fraction of sp³-hybridized carbons (Fsp3) is 0.636. The van der Waals surface area contributed by atoms with Crippen LogP contribution in [-0.2, 0) is 9.53 Å². The lowest BCUT2D eigenvalue weighted by molar-refractivity contribution is -0.143. The molecule has 5 heteroatoms. The molecule has 0 aliphatic carbocycles. The Bertz CT molecular complexity index is 598. The third kappa shape index (κ3) is 7.24. The van der Waals surface area contributed by atoms with Crippen LogP contribution in [0, 0.1) is 5.92 Å². The number of rotatable bonds is 9. The average Bonchev–Trinajstić information content (AvgIpc) is 2.58. The number of para-hydroxylation sites is 1. The Morgan fingerprint density at radius 1 is 1.04 bits per heavy atom. The summed E-state index contributed by atoms with van der Waals surface area (Å²) < 4.78 is 5.00. The molecule has 0 saturated carbocycles. The van der Waals surface area contributed by atoms with Gasteiger partial charge in [-0.1, -0.05) is 59.7 Å². The van der Waals surface area contributed by atoms with E-state index in [1.807, 2.05) is 6.07 Å². The zero-order valence-electron chi connectivity index (χ0n) is 18.0. The van der Waals surface area contributed by atoms with Crippen molar-refractivity contribution < 1.29 is 14.3 Å². The van der Waals surface area contributed by atoms with Crippen molar-refractivity contribution in [2.45, 2.75) is 66.7 Å². The normalized spacial score (nSPS) is 11.2. The maximum atomic E-state index is 13.0. The predicted molar refractivity (Wildman–Crippen MR) is 111 cm³/mol. The highest BCUT2D eigenvalue weighted by molar-refractivity contribution is 5.91. The molecule has 0 bridgehead atoms. The number of anilines is 1. The molecular weight excluding hydrogens is 340 g/mol. The second kappa shape index (κ2) is 11.0. The SMILES string of the molecule is CCOC(=O)CCN(CC(C)C)C(=O)Nc1c(C(C)C)cccc1C(C)C. The highest BCUT2D eigenvalue weighted by Gasteiger charge is 2.21. The molecule has 0 fully saturated rings. The van der Waals surface area contributed by atoms with Crippen molar-refractivity contribution in [3.63, 3.8) is 0 Å². The van der Waals surface area contributed by atoms with Gasteiger partial charge in [0.05, 0.1) is 13.0 Å². The molecule has 0 aromatic heterocycles. The van der Waals surface area contributed by atoms with Crippen molar-refractivity contribution in [1.82, 2.24) is 4.90 Å². The molecule has 0 radical (unpaired) electrons.